The molecule has 1 saturated heterocycles. The number of carbonyl (C=O) groups is 3. The van der Waals surface area contributed by atoms with Crippen molar-refractivity contribution in [1.82, 2.24) is 15.1 Å². The van der Waals surface area contributed by atoms with Gasteiger partial charge < -0.3 is 10.2 Å². The first-order valence-electron chi connectivity index (χ1n) is 11.1. The van der Waals surface area contributed by atoms with Gasteiger partial charge in [0.25, 0.3) is 5.91 Å². The third-order valence-electron chi connectivity index (χ3n) is 6.38. The molecular formula is C22H39N3O3. The van der Waals surface area contributed by atoms with Crippen LogP contribution in [0.25, 0.3) is 0 Å². The average molecular weight is 394 g/mol. The molecule has 2 fully saturated rings. The summed E-state index contributed by atoms with van der Waals surface area (Å²) in [7, 11) is 0. The van der Waals surface area contributed by atoms with Crippen molar-refractivity contribution < 1.29 is 14.4 Å². The van der Waals surface area contributed by atoms with Crippen LogP contribution in [0, 0.1) is 17.8 Å². The Balaban J connectivity index is 2.01. The summed E-state index contributed by atoms with van der Waals surface area (Å²) >= 11 is 0. The van der Waals surface area contributed by atoms with E-state index in [9.17, 15) is 14.4 Å². The Morgan fingerprint density at radius 2 is 1.64 bits per heavy atom. The van der Waals surface area contributed by atoms with Gasteiger partial charge in [0.1, 0.15) is 12.1 Å². The highest BCUT2D eigenvalue weighted by Crippen LogP contribution is 2.37. The fraction of sp³-hybridized carbons (Fsp3) is 0.864. The molecule has 0 atom stereocenters. The summed E-state index contributed by atoms with van der Waals surface area (Å²) < 4.78 is 0. The minimum absolute atomic E-state index is 0.121. The van der Waals surface area contributed by atoms with Crippen LogP contribution >= 0.6 is 0 Å². The van der Waals surface area contributed by atoms with E-state index in [0.717, 1.165) is 37.0 Å². The largest absolute Gasteiger partial charge is 0.341 e. The van der Waals surface area contributed by atoms with Gasteiger partial charge in [-0.2, -0.15) is 0 Å². The predicted molar refractivity (Wildman–Crippen MR) is 111 cm³/mol. The number of rotatable bonds is 9. The molecule has 6 heteroatoms. The molecule has 0 bridgehead atoms. The number of carbonyl (C=O) groups excluding carboxylic acids is 3. The van der Waals surface area contributed by atoms with Gasteiger partial charge >= 0.3 is 6.03 Å². The second-order valence-electron chi connectivity index (χ2n) is 9.50. The molecule has 1 saturated carbocycles. The molecule has 1 aliphatic carbocycles. The van der Waals surface area contributed by atoms with E-state index in [1.165, 1.54) is 0 Å². The molecule has 28 heavy (non-hydrogen) atoms. The molecule has 0 unspecified atom stereocenters. The van der Waals surface area contributed by atoms with E-state index in [2.05, 4.69) is 39.9 Å². The monoisotopic (exact) mass is 393 g/mol. The summed E-state index contributed by atoms with van der Waals surface area (Å²) in [5.74, 6) is 1.32. The molecule has 1 N–H and O–H groups in total. The molecule has 0 aromatic carbocycles. The van der Waals surface area contributed by atoms with Gasteiger partial charge in [0.2, 0.25) is 5.91 Å². The Bertz CT molecular complexity index is 553. The van der Waals surface area contributed by atoms with E-state index in [1.807, 2.05) is 4.90 Å². The number of amides is 4. The zero-order chi connectivity index (χ0) is 20.9. The zero-order valence-electron chi connectivity index (χ0n) is 18.4. The van der Waals surface area contributed by atoms with Crippen molar-refractivity contribution in [2.75, 3.05) is 19.6 Å². The molecular weight excluding hydrogens is 354 g/mol. The second-order valence-corrected chi connectivity index (χ2v) is 9.50. The summed E-state index contributed by atoms with van der Waals surface area (Å²) in [5, 5.41) is 2.93. The lowest BCUT2D eigenvalue weighted by Gasteiger charge is -2.34. The summed E-state index contributed by atoms with van der Waals surface area (Å²) in [6.07, 6.45) is 6.24. The lowest BCUT2D eigenvalue weighted by molar-refractivity contribution is -0.140. The highest BCUT2D eigenvalue weighted by Gasteiger charge is 2.52. The maximum Gasteiger partial charge on any atom is 0.325 e. The van der Waals surface area contributed by atoms with Crippen molar-refractivity contribution in [1.29, 1.82) is 0 Å². The molecule has 2 aliphatic rings. The van der Waals surface area contributed by atoms with E-state index in [-0.39, 0.29) is 18.4 Å². The van der Waals surface area contributed by atoms with Crippen molar-refractivity contribution in [3.05, 3.63) is 0 Å². The van der Waals surface area contributed by atoms with E-state index < -0.39 is 11.6 Å². The first kappa shape index (κ1) is 22.7. The first-order chi connectivity index (χ1) is 13.2. The van der Waals surface area contributed by atoms with Crippen molar-refractivity contribution in [3.8, 4) is 0 Å². The standard InChI is InChI=1S/C22H39N3O3/c1-6-18-7-11-22(12-8-18)20(27)25(21(28)23-22)15-19(26)24(13-9-16(2)3)14-10-17(4)5/h16-18H,6-15H2,1-5H3,(H,23,28). The second kappa shape index (κ2) is 9.75. The van der Waals surface area contributed by atoms with Crippen LogP contribution in [0.15, 0.2) is 0 Å². The fourth-order valence-corrected chi connectivity index (χ4v) is 4.16. The van der Waals surface area contributed by atoms with E-state index >= 15 is 0 Å². The summed E-state index contributed by atoms with van der Waals surface area (Å²) in [6, 6.07) is -0.402. The van der Waals surface area contributed by atoms with Crippen LogP contribution in [0.4, 0.5) is 4.79 Å². The van der Waals surface area contributed by atoms with Crippen LogP contribution < -0.4 is 5.32 Å². The number of hydrogen-bond donors (Lipinski definition) is 1. The van der Waals surface area contributed by atoms with Crippen LogP contribution in [0.2, 0.25) is 0 Å². The van der Waals surface area contributed by atoms with Crippen molar-refractivity contribution in [2.24, 2.45) is 17.8 Å². The Kier molecular flexibility index (Phi) is 7.90. The van der Waals surface area contributed by atoms with Crippen LogP contribution in [0.5, 0.6) is 0 Å². The van der Waals surface area contributed by atoms with E-state index in [4.69, 9.17) is 0 Å². The van der Waals surface area contributed by atoms with Crippen molar-refractivity contribution in [3.63, 3.8) is 0 Å². The normalized spacial score (nSPS) is 25.1. The lowest BCUT2D eigenvalue weighted by atomic mass is 9.75. The van der Waals surface area contributed by atoms with Gasteiger partial charge in [0.15, 0.2) is 0 Å². The highest BCUT2D eigenvalue weighted by molar-refractivity contribution is 6.09. The summed E-state index contributed by atoms with van der Waals surface area (Å²) in [6.45, 7) is 11.9. The number of imide groups is 1. The van der Waals surface area contributed by atoms with Crippen molar-refractivity contribution >= 4 is 17.8 Å². The third-order valence-corrected chi connectivity index (χ3v) is 6.38. The van der Waals surface area contributed by atoms with Crippen LogP contribution in [0.1, 0.15) is 79.6 Å². The first-order valence-corrected chi connectivity index (χ1v) is 11.1. The molecule has 0 aromatic rings. The smallest absolute Gasteiger partial charge is 0.325 e. The average Bonchev–Trinajstić information content (AvgIpc) is 2.86. The number of nitrogens with zero attached hydrogens (tertiary/aromatic N) is 2. The summed E-state index contributed by atoms with van der Waals surface area (Å²) in [4.78, 5) is 41.5. The molecule has 1 spiro atoms. The minimum Gasteiger partial charge on any atom is -0.341 e. The maximum atomic E-state index is 13.0. The molecule has 1 aliphatic heterocycles. The Labute approximate surface area is 170 Å². The van der Waals surface area contributed by atoms with E-state index in [1.54, 1.807) is 0 Å². The van der Waals surface area contributed by atoms with Gasteiger partial charge in [-0.3, -0.25) is 14.5 Å². The molecule has 2 rings (SSSR count). The van der Waals surface area contributed by atoms with Gasteiger partial charge in [-0.05, 0) is 56.3 Å². The van der Waals surface area contributed by atoms with Crippen LogP contribution in [-0.4, -0.2) is 52.8 Å². The molecule has 160 valence electrons. The van der Waals surface area contributed by atoms with Gasteiger partial charge in [-0.25, -0.2) is 4.79 Å². The highest BCUT2D eigenvalue weighted by atomic mass is 16.2. The quantitative estimate of drug-likeness (QED) is 0.606. The number of nitrogens with one attached hydrogen (secondary N) is 1. The van der Waals surface area contributed by atoms with Gasteiger partial charge in [0.05, 0.1) is 0 Å². The van der Waals surface area contributed by atoms with Gasteiger partial charge in [-0.15, -0.1) is 0 Å². The van der Waals surface area contributed by atoms with E-state index in [0.29, 0.717) is 43.7 Å². The predicted octanol–water partition coefficient (Wildman–Crippen LogP) is 3.80. The Hall–Kier alpha value is -1.59. The maximum absolute atomic E-state index is 13.0. The minimum atomic E-state index is -0.774. The van der Waals surface area contributed by atoms with Gasteiger partial charge in [-0.1, -0.05) is 41.0 Å². The molecule has 0 aromatic heterocycles. The van der Waals surface area contributed by atoms with Crippen LogP contribution in [-0.2, 0) is 9.59 Å². The fourth-order valence-electron chi connectivity index (χ4n) is 4.16. The Morgan fingerprint density at radius 1 is 1.11 bits per heavy atom. The van der Waals surface area contributed by atoms with Crippen molar-refractivity contribution in [2.45, 2.75) is 85.1 Å². The topological polar surface area (TPSA) is 69.7 Å². The van der Waals surface area contributed by atoms with Crippen LogP contribution in [0.3, 0.4) is 0 Å². The SMILES string of the molecule is CCC1CCC2(CC1)NC(=O)N(CC(=O)N(CCC(C)C)CCC(C)C)C2=O. The zero-order valence-corrected chi connectivity index (χ0v) is 18.4. The molecule has 6 nitrogen and oxygen atoms in total. The number of hydrogen-bond acceptors (Lipinski definition) is 3. The molecule has 4 amide bonds. The van der Waals surface area contributed by atoms with Gasteiger partial charge in [0, 0.05) is 13.1 Å². The molecule has 0 radical (unpaired) electrons. The molecule has 1 heterocycles. The number of urea groups is 1. The summed E-state index contributed by atoms with van der Waals surface area (Å²) in [5.41, 5.74) is -0.774. The lowest BCUT2D eigenvalue weighted by Crippen LogP contribution is -2.50. The Morgan fingerprint density at radius 3 is 2.11 bits per heavy atom. The third kappa shape index (κ3) is 5.48.